The molecule has 0 saturated carbocycles. The van der Waals surface area contributed by atoms with Gasteiger partial charge in [0.15, 0.2) is 0 Å². The summed E-state index contributed by atoms with van der Waals surface area (Å²) in [6, 6.07) is 7.80. The Kier molecular flexibility index (Phi) is 6.44. The molecule has 0 unspecified atom stereocenters. The zero-order valence-electron chi connectivity index (χ0n) is 11.6. The fourth-order valence-electron chi connectivity index (χ4n) is 2.23. The summed E-state index contributed by atoms with van der Waals surface area (Å²) >= 11 is 2.22. The first-order valence-corrected chi connectivity index (χ1v) is 10.2. The van der Waals surface area contributed by atoms with E-state index in [1.807, 2.05) is 24.4 Å². The normalized spacial score (nSPS) is 12.0. The monoisotopic (exact) mass is 415 g/mol. The van der Waals surface area contributed by atoms with Gasteiger partial charge in [0.1, 0.15) is 6.04 Å². The van der Waals surface area contributed by atoms with Crippen molar-refractivity contribution in [3.8, 4) is 0 Å². The van der Waals surface area contributed by atoms with Crippen LogP contribution in [-0.2, 0) is 11.2 Å². The van der Waals surface area contributed by atoms with Gasteiger partial charge in [-0.3, -0.25) is 4.79 Å². The number of halogens is 1. The van der Waals surface area contributed by atoms with Crippen molar-refractivity contribution in [2.45, 2.75) is 12.5 Å². The van der Waals surface area contributed by atoms with E-state index in [2.05, 4.69) is 49.5 Å². The first-order valence-electron chi connectivity index (χ1n) is 6.69. The lowest BCUT2D eigenvalue weighted by molar-refractivity contribution is -0.122. The smallest absolute Gasteiger partial charge is 0.242 e. The number of nitrogens with one attached hydrogen (secondary N) is 3. The number of aromatic amines is 1. The molecule has 21 heavy (non-hydrogen) atoms. The lowest BCUT2D eigenvalue weighted by Gasteiger charge is -2.16. The highest BCUT2D eigenvalue weighted by molar-refractivity contribution is 14.2. The van der Waals surface area contributed by atoms with E-state index in [4.69, 9.17) is 0 Å². The predicted octanol–water partition coefficient (Wildman–Crippen LogP) is 3.01. The molecule has 2 rings (SSSR count). The van der Waals surface area contributed by atoms with Gasteiger partial charge in [-0.25, -0.2) is 0 Å². The van der Waals surface area contributed by atoms with E-state index in [-0.39, 0.29) is 11.9 Å². The van der Waals surface area contributed by atoms with Gasteiger partial charge in [0.25, 0.3) is 0 Å². The van der Waals surface area contributed by atoms with E-state index >= 15 is 0 Å². The number of fused-ring (bicyclic) bond motifs is 1. The second-order valence-electron chi connectivity index (χ2n) is 4.59. The number of para-hydroxylation sites is 1. The van der Waals surface area contributed by atoms with E-state index in [1.165, 1.54) is 0 Å². The number of carbonyl (C=O) groups excluding carboxylic acids is 1. The van der Waals surface area contributed by atoms with Gasteiger partial charge in [0, 0.05) is 35.8 Å². The fraction of sp³-hybridized carbons (Fsp3) is 0.267. The second kappa shape index (κ2) is 8.33. The number of carbonyl (C=O) groups is 1. The Morgan fingerprint density at radius 2 is 2.29 bits per heavy atom. The average molecular weight is 415 g/mol. The lowest BCUT2D eigenvalue weighted by atomic mass is 10.0. The van der Waals surface area contributed by atoms with Crippen LogP contribution in [0.5, 0.6) is 0 Å². The molecule has 2 aromatic rings. The number of amides is 1. The maximum atomic E-state index is 12.2. The van der Waals surface area contributed by atoms with Gasteiger partial charge >= 0.3 is 0 Å². The van der Waals surface area contributed by atoms with Crippen molar-refractivity contribution in [1.29, 1.82) is 0 Å². The summed E-state index contributed by atoms with van der Waals surface area (Å²) in [5, 5.41) is 7.14. The number of hydrogen-bond acceptors (Lipinski definition) is 3. The molecule has 1 aromatic heterocycles. The largest absolute Gasteiger partial charge is 0.380 e. The van der Waals surface area contributed by atoms with Crippen molar-refractivity contribution < 1.29 is 4.79 Å². The van der Waals surface area contributed by atoms with Crippen molar-refractivity contribution in [2.75, 3.05) is 12.3 Å². The highest BCUT2D eigenvalue weighted by Crippen LogP contribution is 2.19. The van der Waals surface area contributed by atoms with Gasteiger partial charge in [-0.15, -0.1) is 0 Å². The van der Waals surface area contributed by atoms with Crippen molar-refractivity contribution in [3.63, 3.8) is 0 Å². The Balaban J connectivity index is 2.08. The highest BCUT2D eigenvalue weighted by Gasteiger charge is 2.18. The number of aromatic nitrogens is 1. The Morgan fingerprint density at radius 3 is 3.05 bits per heavy atom. The molecule has 0 aliphatic carbocycles. The predicted molar refractivity (Wildman–Crippen MR) is 98.6 cm³/mol. The van der Waals surface area contributed by atoms with Gasteiger partial charge in [0.05, 0.1) is 0 Å². The minimum Gasteiger partial charge on any atom is -0.380 e. The minimum absolute atomic E-state index is 0.00521. The summed E-state index contributed by atoms with van der Waals surface area (Å²) in [5.74, 6) is 0.908. The molecule has 3 N–H and O–H groups in total. The minimum atomic E-state index is -0.305. The Bertz CT molecular complexity index is 614. The molecule has 0 aliphatic heterocycles. The summed E-state index contributed by atoms with van der Waals surface area (Å²) in [7, 11) is 1.69. The molecule has 4 nitrogen and oxygen atoms in total. The topological polar surface area (TPSA) is 56.9 Å². The van der Waals surface area contributed by atoms with E-state index in [9.17, 15) is 4.79 Å². The van der Waals surface area contributed by atoms with Gasteiger partial charge in [-0.1, -0.05) is 33.7 Å². The quantitative estimate of drug-likeness (QED) is 0.459. The Hall–Kier alpha value is -1.15. The standard InChI is InChI=1S/C15H18IN3OS/c1-2-17-14(15(20)18-7-8-21-16)9-11-10-19-13-6-4-3-5-12(11)13/h2-6,10,14,17,19H,1,7-9H2,(H,18,20)/t14-/m0/s1. The van der Waals surface area contributed by atoms with Crippen LogP contribution in [0, 0.1) is 0 Å². The van der Waals surface area contributed by atoms with Crippen molar-refractivity contribution in [2.24, 2.45) is 0 Å². The second-order valence-corrected chi connectivity index (χ2v) is 7.09. The van der Waals surface area contributed by atoms with Crippen LogP contribution in [0.15, 0.2) is 43.2 Å². The van der Waals surface area contributed by atoms with Crippen molar-refractivity contribution in [3.05, 3.63) is 48.8 Å². The third kappa shape index (κ3) is 4.41. The number of H-pyrrole nitrogens is 1. The SMILES string of the molecule is C=CN[C@@H](Cc1c[nH]c2ccccc12)C(=O)NCCSI. The molecular formula is C15H18IN3OS. The van der Waals surface area contributed by atoms with Crippen LogP contribution >= 0.6 is 30.1 Å². The zero-order chi connectivity index (χ0) is 15.1. The zero-order valence-corrected chi connectivity index (χ0v) is 14.5. The van der Waals surface area contributed by atoms with Crippen LogP contribution in [0.3, 0.4) is 0 Å². The number of benzene rings is 1. The van der Waals surface area contributed by atoms with Crippen LogP contribution in [0.1, 0.15) is 5.56 Å². The molecule has 112 valence electrons. The van der Waals surface area contributed by atoms with Gasteiger partial charge in [-0.05, 0) is 39.0 Å². The Morgan fingerprint density at radius 1 is 1.48 bits per heavy atom. The van der Waals surface area contributed by atoms with Gasteiger partial charge in [0.2, 0.25) is 5.91 Å². The summed E-state index contributed by atoms with van der Waals surface area (Å²) in [6.45, 7) is 4.34. The van der Waals surface area contributed by atoms with E-state index in [0.717, 1.165) is 22.2 Å². The molecular weight excluding hydrogens is 397 g/mol. The van der Waals surface area contributed by atoms with Gasteiger partial charge in [-0.2, -0.15) is 0 Å². The molecule has 0 aliphatic rings. The molecule has 0 bridgehead atoms. The van der Waals surface area contributed by atoms with E-state index < -0.39 is 0 Å². The van der Waals surface area contributed by atoms with E-state index in [1.54, 1.807) is 15.1 Å². The molecule has 0 radical (unpaired) electrons. The van der Waals surface area contributed by atoms with Crippen LogP contribution in [0.2, 0.25) is 0 Å². The van der Waals surface area contributed by atoms with Crippen LogP contribution in [-0.4, -0.2) is 29.2 Å². The molecule has 1 aromatic carbocycles. The lowest BCUT2D eigenvalue weighted by Crippen LogP contribution is -2.44. The number of hydrogen-bond donors (Lipinski definition) is 3. The van der Waals surface area contributed by atoms with Crippen LogP contribution in [0.25, 0.3) is 10.9 Å². The molecule has 6 heteroatoms. The van der Waals surface area contributed by atoms with E-state index in [0.29, 0.717) is 13.0 Å². The summed E-state index contributed by atoms with van der Waals surface area (Å²) in [5.41, 5.74) is 2.22. The summed E-state index contributed by atoms with van der Waals surface area (Å²) in [6.07, 6.45) is 4.17. The van der Waals surface area contributed by atoms with Gasteiger partial charge < -0.3 is 15.6 Å². The molecule has 1 heterocycles. The molecule has 0 spiro atoms. The molecule has 0 fully saturated rings. The van der Waals surface area contributed by atoms with Crippen molar-refractivity contribution in [1.82, 2.24) is 15.6 Å². The maximum Gasteiger partial charge on any atom is 0.242 e. The van der Waals surface area contributed by atoms with Crippen molar-refractivity contribution >= 4 is 46.9 Å². The molecule has 0 saturated heterocycles. The third-order valence-corrected chi connectivity index (χ3v) is 4.89. The maximum absolute atomic E-state index is 12.2. The molecule has 1 amide bonds. The first kappa shape index (κ1) is 16.2. The molecule has 1 atom stereocenters. The fourth-order valence-corrected chi connectivity index (χ4v) is 3.07. The summed E-state index contributed by atoms with van der Waals surface area (Å²) < 4.78 is 0. The highest BCUT2D eigenvalue weighted by atomic mass is 127. The first-order chi connectivity index (χ1) is 10.3. The summed E-state index contributed by atoms with van der Waals surface area (Å²) in [4.78, 5) is 15.5. The number of rotatable bonds is 8. The van der Waals surface area contributed by atoms with Crippen LogP contribution in [0.4, 0.5) is 0 Å². The third-order valence-electron chi connectivity index (χ3n) is 3.21. The van der Waals surface area contributed by atoms with Crippen LogP contribution < -0.4 is 10.6 Å². The average Bonchev–Trinajstić information content (AvgIpc) is 2.90. The Labute approximate surface area is 140 Å².